The van der Waals surface area contributed by atoms with Crippen LogP contribution in [0.3, 0.4) is 0 Å². The Hall–Kier alpha value is -0.540. The summed E-state index contributed by atoms with van der Waals surface area (Å²) < 4.78 is 9.97. The third-order valence-corrected chi connectivity index (χ3v) is 1.65. The van der Waals surface area contributed by atoms with Crippen LogP contribution in [0.5, 0.6) is 0 Å². The van der Waals surface area contributed by atoms with Crippen LogP contribution in [-0.2, 0) is 9.47 Å². The topological polar surface area (TPSA) is 38.7 Å². The first-order valence-corrected chi connectivity index (χ1v) is 3.28. The second-order valence-corrected chi connectivity index (χ2v) is 2.36. The van der Waals surface area contributed by atoms with Crippen LogP contribution in [0.1, 0.15) is 6.92 Å². The molecule has 10 heavy (non-hydrogen) atoms. The van der Waals surface area contributed by atoms with E-state index in [4.69, 9.17) is 9.47 Å². The van der Waals surface area contributed by atoms with Crippen molar-refractivity contribution in [2.45, 2.75) is 25.2 Å². The van der Waals surface area contributed by atoms with Crippen molar-refractivity contribution in [3.05, 3.63) is 12.3 Å². The molecule has 0 saturated carbocycles. The van der Waals surface area contributed by atoms with Crippen molar-refractivity contribution in [2.24, 2.45) is 0 Å². The summed E-state index contributed by atoms with van der Waals surface area (Å²) in [5.41, 5.74) is 0. The molecule has 0 saturated heterocycles. The van der Waals surface area contributed by atoms with Crippen molar-refractivity contribution >= 4 is 0 Å². The molecular weight excluding hydrogens is 132 g/mol. The smallest absolute Gasteiger partial charge is 0.124 e. The Bertz CT molecular complexity index is 133. The van der Waals surface area contributed by atoms with E-state index in [9.17, 15) is 5.11 Å². The SMILES string of the molecule is COC1C=COC(C)C1O. The molecule has 0 bridgehead atoms. The van der Waals surface area contributed by atoms with E-state index in [-0.39, 0.29) is 12.2 Å². The molecule has 0 spiro atoms. The van der Waals surface area contributed by atoms with Crippen LogP contribution in [0.15, 0.2) is 12.3 Å². The summed E-state index contributed by atoms with van der Waals surface area (Å²) in [6, 6.07) is 0. The van der Waals surface area contributed by atoms with Crippen molar-refractivity contribution < 1.29 is 14.6 Å². The summed E-state index contributed by atoms with van der Waals surface area (Å²) in [6.45, 7) is 1.81. The van der Waals surface area contributed by atoms with Crippen molar-refractivity contribution in [2.75, 3.05) is 7.11 Å². The summed E-state index contributed by atoms with van der Waals surface area (Å²) in [6.07, 6.45) is 2.32. The number of hydrogen-bond donors (Lipinski definition) is 1. The molecule has 1 heterocycles. The molecule has 1 rings (SSSR count). The highest BCUT2D eigenvalue weighted by molar-refractivity contribution is 4.96. The molecule has 0 aromatic carbocycles. The van der Waals surface area contributed by atoms with Crippen LogP contribution >= 0.6 is 0 Å². The van der Waals surface area contributed by atoms with Crippen LogP contribution in [0.2, 0.25) is 0 Å². The maximum Gasteiger partial charge on any atom is 0.124 e. The van der Waals surface area contributed by atoms with Crippen molar-refractivity contribution in [3.63, 3.8) is 0 Å². The molecule has 0 fully saturated rings. The van der Waals surface area contributed by atoms with E-state index in [2.05, 4.69) is 0 Å². The Morgan fingerprint density at radius 2 is 2.30 bits per heavy atom. The van der Waals surface area contributed by atoms with E-state index in [1.54, 1.807) is 26.4 Å². The minimum absolute atomic E-state index is 0.171. The fourth-order valence-corrected chi connectivity index (χ4v) is 0.926. The van der Waals surface area contributed by atoms with Crippen LogP contribution < -0.4 is 0 Å². The van der Waals surface area contributed by atoms with Crippen LogP contribution in [0.25, 0.3) is 0 Å². The van der Waals surface area contributed by atoms with Gasteiger partial charge >= 0.3 is 0 Å². The molecule has 1 aliphatic heterocycles. The fraction of sp³-hybridized carbons (Fsp3) is 0.714. The summed E-state index contributed by atoms with van der Waals surface area (Å²) in [5.74, 6) is 0. The maximum absolute atomic E-state index is 9.34. The van der Waals surface area contributed by atoms with E-state index < -0.39 is 6.10 Å². The lowest BCUT2D eigenvalue weighted by atomic mass is 10.1. The van der Waals surface area contributed by atoms with Gasteiger partial charge in [0, 0.05) is 7.11 Å². The Labute approximate surface area is 60.3 Å². The fourth-order valence-electron chi connectivity index (χ4n) is 0.926. The lowest BCUT2D eigenvalue weighted by Crippen LogP contribution is -2.39. The van der Waals surface area contributed by atoms with Gasteiger partial charge in [0.05, 0.1) is 6.26 Å². The summed E-state index contributed by atoms with van der Waals surface area (Å²) >= 11 is 0. The van der Waals surface area contributed by atoms with Crippen molar-refractivity contribution in [1.29, 1.82) is 0 Å². The standard InChI is InChI=1S/C7H12O3/c1-5-7(8)6(9-2)3-4-10-5/h3-8H,1-2H3. The number of hydrogen-bond acceptors (Lipinski definition) is 3. The summed E-state index contributed by atoms with van der Waals surface area (Å²) in [4.78, 5) is 0. The highest BCUT2D eigenvalue weighted by Gasteiger charge is 2.26. The Kier molecular flexibility index (Phi) is 2.29. The van der Waals surface area contributed by atoms with Gasteiger partial charge in [-0.2, -0.15) is 0 Å². The van der Waals surface area contributed by atoms with Crippen molar-refractivity contribution in [1.82, 2.24) is 0 Å². The van der Waals surface area contributed by atoms with Gasteiger partial charge < -0.3 is 14.6 Å². The van der Waals surface area contributed by atoms with Crippen LogP contribution in [0, 0.1) is 0 Å². The molecule has 1 aliphatic rings. The zero-order chi connectivity index (χ0) is 7.56. The Morgan fingerprint density at radius 1 is 1.60 bits per heavy atom. The van der Waals surface area contributed by atoms with Gasteiger partial charge in [0.2, 0.25) is 0 Å². The van der Waals surface area contributed by atoms with E-state index in [1.165, 1.54) is 0 Å². The molecule has 0 aromatic rings. The quantitative estimate of drug-likeness (QED) is 0.575. The zero-order valence-electron chi connectivity index (χ0n) is 6.15. The van der Waals surface area contributed by atoms with Gasteiger partial charge in [-0.1, -0.05) is 0 Å². The number of ether oxygens (including phenoxy) is 2. The molecule has 0 aromatic heterocycles. The van der Waals surface area contributed by atoms with E-state index in [1.807, 2.05) is 0 Å². The molecule has 0 amide bonds. The van der Waals surface area contributed by atoms with Gasteiger partial charge in [0.15, 0.2) is 0 Å². The van der Waals surface area contributed by atoms with Gasteiger partial charge in [0.25, 0.3) is 0 Å². The predicted molar refractivity (Wildman–Crippen MR) is 36.5 cm³/mol. The molecular formula is C7H12O3. The van der Waals surface area contributed by atoms with Gasteiger partial charge in [0.1, 0.15) is 18.3 Å². The molecule has 0 radical (unpaired) electrons. The van der Waals surface area contributed by atoms with E-state index in [0.29, 0.717) is 0 Å². The lowest BCUT2D eigenvalue weighted by molar-refractivity contribution is -0.0687. The maximum atomic E-state index is 9.34. The lowest BCUT2D eigenvalue weighted by Gasteiger charge is -2.27. The summed E-state index contributed by atoms with van der Waals surface area (Å²) in [5, 5.41) is 9.34. The first-order chi connectivity index (χ1) is 4.75. The van der Waals surface area contributed by atoms with Crippen LogP contribution in [-0.4, -0.2) is 30.5 Å². The highest BCUT2D eigenvalue weighted by atomic mass is 16.5. The first kappa shape index (κ1) is 7.57. The number of aliphatic hydroxyl groups excluding tert-OH is 1. The largest absolute Gasteiger partial charge is 0.496 e. The van der Waals surface area contributed by atoms with Gasteiger partial charge in [-0.3, -0.25) is 0 Å². The normalized spacial score (nSPS) is 39.3. The average molecular weight is 144 g/mol. The third-order valence-electron chi connectivity index (χ3n) is 1.65. The number of aliphatic hydroxyl groups is 1. The molecule has 3 heteroatoms. The average Bonchev–Trinajstić information content (AvgIpc) is 1.95. The first-order valence-electron chi connectivity index (χ1n) is 3.28. The van der Waals surface area contributed by atoms with Crippen LogP contribution in [0.4, 0.5) is 0 Å². The predicted octanol–water partition coefficient (Wildman–Crippen LogP) is 0.295. The Balaban J connectivity index is 2.57. The minimum atomic E-state index is -0.546. The van der Waals surface area contributed by atoms with Gasteiger partial charge in [-0.05, 0) is 13.0 Å². The number of methoxy groups -OCH3 is 1. The highest BCUT2D eigenvalue weighted by Crippen LogP contribution is 2.13. The van der Waals surface area contributed by atoms with Crippen molar-refractivity contribution in [3.8, 4) is 0 Å². The van der Waals surface area contributed by atoms with Gasteiger partial charge in [-0.15, -0.1) is 0 Å². The molecule has 1 N–H and O–H groups in total. The second kappa shape index (κ2) is 3.03. The zero-order valence-corrected chi connectivity index (χ0v) is 6.15. The Morgan fingerprint density at radius 3 is 2.80 bits per heavy atom. The monoisotopic (exact) mass is 144 g/mol. The minimum Gasteiger partial charge on any atom is -0.496 e. The van der Waals surface area contributed by atoms with Gasteiger partial charge in [-0.25, -0.2) is 0 Å². The summed E-state index contributed by atoms with van der Waals surface area (Å²) in [7, 11) is 1.57. The molecule has 58 valence electrons. The molecule has 3 unspecified atom stereocenters. The third kappa shape index (κ3) is 1.30. The van der Waals surface area contributed by atoms with E-state index in [0.717, 1.165) is 0 Å². The molecule has 3 nitrogen and oxygen atoms in total. The second-order valence-electron chi connectivity index (χ2n) is 2.36. The number of rotatable bonds is 1. The molecule has 3 atom stereocenters. The molecule has 0 aliphatic carbocycles. The van der Waals surface area contributed by atoms with E-state index >= 15 is 0 Å².